The summed E-state index contributed by atoms with van der Waals surface area (Å²) < 4.78 is 11.5. The van der Waals surface area contributed by atoms with Gasteiger partial charge in [0, 0.05) is 35.0 Å². The summed E-state index contributed by atoms with van der Waals surface area (Å²) in [5, 5.41) is 10.8. The highest BCUT2D eigenvalue weighted by molar-refractivity contribution is 6.34. The number of nitriles is 1. The van der Waals surface area contributed by atoms with E-state index in [1.54, 1.807) is 24.4 Å². The predicted molar refractivity (Wildman–Crippen MR) is 124 cm³/mol. The minimum absolute atomic E-state index is 0.283. The molecule has 0 unspecified atom stereocenters. The van der Waals surface area contributed by atoms with E-state index in [9.17, 15) is 5.26 Å². The Hall–Kier alpha value is -3.62. The van der Waals surface area contributed by atoms with Crippen LogP contribution in [0.15, 0.2) is 66.2 Å². The van der Waals surface area contributed by atoms with Crippen LogP contribution in [0, 0.1) is 11.3 Å². The van der Waals surface area contributed by atoms with E-state index in [-0.39, 0.29) is 6.61 Å². The molecule has 0 saturated heterocycles. The standard InChI is InChI=1S/C25H22ClN3O2/c1-4-17-11-21-20(18(14-27)15-29-23(21)13-25(17)30-6-3)12-22(26)24(5-2)31-16-19-9-7-8-10-28-19/h4-5,7-13,15H,1,6,16H2,2-3H3/b22-12+,24-5+. The third kappa shape index (κ3) is 5.11. The Morgan fingerprint density at radius 1 is 1.29 bits per heavy atom. The van der Waals surface area contributed by atoms with Crippen molar-refractivity contribution >= 4 is 34.7 Å². The van der Waals surface area contributed by atoms with E-state index in [1.807, 2.05) is 44.2 Å². The van der Waals surface area contributed by atoms with Crippen LogP contribution < -0.4 is 4.74 Å². The lowest BCUT2D eigenvalue weighted by Gasteiger charge is -2.13. The number of rotatable bonds is 8. The fourth-order valence-electron chi connectivity index (χ4n) is 3.06. The molecule has 0 amide bonds. The molecule has 2 aromatic heterocycles. The van der Waals surface area contributed by atoms with Crippen molar-refractivity contribution in [3.05, 3.63) is 88.6 Å². The van der Waals surface area contributed by atoms with Gasteiger partial charge in [-0.15, -0.1) is 0 Å². The first kappa shape index (κ1) is 22.1. The largest absolute Gasteiger partial charge is 0.493 e. The maximum atomic E-state index is 9.64. The van der Waals surface area contributed by atoms with Gasteiger partial charge in [-0.25, -0.2) is 0 Å². The average Bonchev–Trinajstić information content (AvgIpc) is 2.80. The number of fused-ring (bicyclic) bond motifs is 1. The van der Waals surface area contributed by atoms with Crippen molar-refractivity contribution in [3.63, 3.8) is 0 Å². The number of halogens is 1. The van der Waals surface area contributed by atoms with E-state index < -0.39 is 0 Å². The Bertz CT molecular complexity index is 1190. The molecule has 0 aliphatic heterocycles. The van der Waals surface area contributed by atoms with Crippen molar-refractivity contribution in [2.24, 2.45) is 0 Å². The molecule has 1 aromatic carbocycles. The van der Waals surface area contributed by atoms with Gasteiger partial charge in [0.25, 0.3) is 0 Å². The zero-order valence-electron chi connectivity index (χ0n) is 17.4. The number of pyridine rings is 2. The molecule has 31 heavy (non-hydrogen) atoms. The highest BCUT2D eigenvalue weighted by Gasteiger charge is 2.13. The highest BCUT2D eigenvalue weighted by atomic mass is 35.5. The topological polar surface area (TPSA) is 68.0 Å². The Morgan fingerprint density at radius 2 is 2.13 bits per heavy atom. The summed E-state index contributed by atoms with van der Waals surface area (Å²) in [4.78, 5) is 8.67. The van der Waals surface area contributed by atoms with E-state index in [4.69, 9.17) is 21.1 Å². The molecule has 2 heterocycles. The van der Waals surface area contributed by atoms with Gasteiger partial charge in [0.05, 0.1) is 28.4 Å². The van der Waals surface area contributed by atoms with Crippen LogP contribution in [0.1, 0.15) is 36.2 Å². The summed E-state index contributed by atoms with van der Waals surface area (Å²) in [6.45, 7) is 8.43. The number of ether oxygens (including phenoxy) is 2. The van der Waals surface area contributed by atoms with Gasteiger partial charge in [0.1, 0.15) is 24.2 Å². The van der Waals surface area contributed by atoms with Crippen LogP contribution in [0.4, 0.5) is 0 Å². The zero-order valence-corrected chi connectivity index (χ0v) is 18.2. The first-order valence-corrected chi connectivity index (χ1v) is 10.2. The fraction of sp³-hybridized carbons (Fsp3) is 0.160. The first-order valence-electron chi connectivity index (χ1n) is 9.79. The lowest BCUT2D eigenvalue weighted by atomic mass is 10.0. The first-order chi connectivity index (χ1) is 15.1. The summed E-state index contributed by atoms with van der Waals surface area (Å²) in [5.74, 6) is 1.19. The zero-order chi connectivity index (χ0) is 22.2. The van der Waals surface area contributed by atoms with Crippen molar-refractivity contribution < 1.29 is 9.47 Å². The molecule has 0 fully saturated rings. The second-order valence-electron chi connectivity index (χ2n) is 6.50. The summed E-state index contributed by atoms with van der Waals surface area (Å²) in [6.07, 6.45) is 8.46. The minimum atomic E-state index is 0.283. The number of hydrogen-bond acceptors (Lipinski definition) is 5. The Labute approximate surface area is 186 Å². The van der Waals surface area contributed by atoms with Gasteiger partial charge in [-0.2, -0.15) is 5.26 Å². The third-order valence-electron chi connectivity index (χ3n) is 4.55. The van der Waals surface area contributed by atoms with E-state index >= 15 is 0 Å². The van der Waals surface area contributed by atoms with Crippen LogP contribution in [-0.2, 0) is 11.3 Å². The highest BCUT2D eigenvalue weighted by Crippen LogP contribution is 2.32. The minimum Gasteiger partial charge on any atom is -0.493 e. The molecular weight excluding hydrogens is 410 g/mol. The molecular formula is C25H22ClN3O2. The summed E-state index contributed by atoms with van der Waals surface area (Å²) in [7, 11) is 0. The summed E-state index contributed by atoms with van der Waals surface area (Å²) in [6, 6.07) is 11.6. The third-order valence-corrected chi connectivity index (χ3v) is 4.85. The van der Waals surface area contributed by atoms with Gasteiger partial charge in [-0.1, -0.05) is 30.3 Å². The van der Waals surface area contributed by atoms with Crippen LogP contribution in [0.25, 0.3) is 23.1 Å². The molecule has 3 aromatic rings. The van der Waals surface area contributed by atoms with Gasteiger partial charge in [0.15, 0.2) is 0 Å². The number of nitrogens with zero attached hydrogens (tertiary/aromatic N) is 3. The second kappa shape index (κ2) is 10.4. The van der Waals surface area contributed by atoms with E-state index in [0.717, 1.165) is 16.6 Å². The summed E-state index contributed by atoms with van der Waals surface area (Å²) >= 11 is 6.60. The molecule has 5 nitrogen and oxygen atoms in total. The molecule has 0 aliphatic rings. The van der Waals surface area contributed by atoms with Crippen LogP contribution in [0.2, 0.25) is 0 Å². The molecule has 0 saturated carbocycles. The number of allylic oxidation sites excluding steroid dienone is 2. The van der Waals surface area contributed by atoms with Crippen molar-refractivity contribution in [3.8, 4) is 11.8 Å². The number of hydrogen-bond donors (Lipinski definition) is 0. The van der Waals surface area contributed by atoms with Crippen LogP contribution in [0.5, 0.6) is 5.75 Å². The molecule has 156 valence electrons. The predicted octanol–water partition coefficient (Wildman–Crippen LogP) is 6.24. The molecule has 6 heteroatoms. The molecule has 0 aliphatic carbocycles. The van der Waals surface area contributed by atoms with Gasteiger partial charge < -0.3 is 9.47 Å². The average molecular weight is 432 g/mol. The monoisotopic (exact) mass is 431 g/mol. The van der Waals surface area contributed by atoms with E-state index in [0.29, 0.717) is 39.8 Å². The Morgan fingerprint density at radius 3 is 2.77 bits per heavy atom. The number of benzene rings is 1. The maximum Gasteiger partial charge on any atom is 0.134 e. The quantitative estimate of drug-likeness (QED) is 0.311. The van der Waals surface area contributed by atoms with Gasteiger partial charge >= 0.3 is 0 Å². The normalized spacial score (nSPS) is 11.8. The van der Waals surface area contributed by atoms with Crippen molar-refractivity contribution in [1.82, 2.24) is 9.97 Å². The molecule has 0 bridgehead atoms. The van der Waals surface area contributed by atoms with Crippen LogP contribution >= 0.6 is 11.6 Å². The molecule has 0 N–H and O–H groups in total. The lowest BCUT2D eigenvalue weighted by Crippen LogP contribution is -1.98. The van der Waals surface area contributed by atoms with Crippen LogP contribution in [0.3, 0.4) is 0 Å². The van der Waals surface area contributed by atoms with E-state index in [1.165, 1.54) is 6.20 Å². The van der Waals surface area contributed by atoms with Gasteiger partial charge in [-0.05, 0) is 44.2 Å². The second-order valence-corrected chi connectivity index (χ2v) is 6.90. The SMILES string of the molecule is C=Cc1cc2c(/C=C(Cl)\C(=C/C)OCc3ccccn3)c(C#N)cnc2cc1OCC. The smallest absolute Gasteiger partial charge is 0.134 e. The summed E-state index contributed by atoms with van der Waals surface area (Å²) in [5.41, 5.74) is 3.36. The van der Waals surface area contributed by atoms with Crippen molar-refractivity contribution in [1.29, 1.82) is 5.26 Å². The Kier molecular flexibility index (Phi) is 7.42. The molecule has 0 atom stereocenters. The van der Waals surface area contributed by atoms with Gasteiger partial charge in [-0.3, -0.25) is 9.97 Å². The van der Waals surface area contributed by atoms with E-state index in [2.05, 4.69) is 22.6 Å². The molecule has 0 spiro atoms. The molecule has 3 rings (SSSR count). The Balaban J connectivity index is 2.03. The molecule has 0 radical (unpaired) electrons. The van der Waals surface area contributed by atoms with Crippen molar-refractivity contribution in [2.75, 3.05) is 6.61 Å². The van der Waals surface area contributed by atoms with Crippen LogP contribution in [-0.4, -0.2) is 16.6 Å². The fourth-order valence-corrected chi connectivity index (χ4v) is 3.34. The number of aromatic nitrogens is 2. The lowest BCUT2D eigenvalue weighted by molar-refractivity contribution is 0.205. The maximum absolute atomic E-state index is 9.64. The van der Waals surface area contributed by atoms with Gasteiger partial charge in [0.2, 0.25) is 0 Å². The van der Waals surface area contributed by atoms with Crippen molar-refractivity contribution in [2.45, 2.75) is 20.5 Å².